The van der Waals surface area contributed by atoms with Gasteiger partial charge < -0.3 is 0 Å². The summed E-state index contributed by atoms with van der Waals surface area (Å²) in [7, 11) is -1.96. The Kier molecular flexibility index (Phi) is 2.88. The van der Waals surface area contributed by atoms with Crippen molar-refractivity contribution in [2.75, 3.05) is 6.26 Å². The SMILES string of the molecule is Cn1c(=O)n([C@H]2C[C@@H](C#N)C2)c2nc(S(C)(=O)=O)ncc21. The number of sulfone groups is 1. The maximum absolute atomic E-state index is 12.3. The molecule has 0 aliphatic heterocycles. The zero-order chi connectivity index (χ0) is 15.4. The van der Waals surface area contributed by atoms with Crippen LogP contribution in [0, 0.1) is 17.2 Å². The second kappa shape index (κ2) is 4.39. The van der Waals surface area contributed by atoms with Crippen LogP contribution in [0.4, 0.5) is 0 Å². The molecule has 0 atom stereocenters. The van der Waals surface area contributed by atoms with Gasteiger partial charge in [0.05, 0.1) is 18.2 Å². The second-order valence-corrected chi connectivity index (χ2v) is 7.21. The van der Waals surface area contributed by atoms with Crippen molar-refractivity contribution in [2.45, 2.75) is 24.0 Å². The molecule has 2 aromatic rings. The number of hydrogen-bond acceptors (Lipinski definition) is 6. The van der Waals surface area contributed by atoms with Gasteiger partial charge in [0.1, 0.15) is 5.52 Å². The normalized spacial score (nSPS) is 22.0. The van der Waals surface area contributed by atoms with Gasteiger partial charge in [-0.1, -0.05) is 0 Å². The first-order chi connectivity index (χ1) is 9.82. The first-order valence-corrected chi connectivity index (χ1v) is 8.25. The molecule has 21 heavy (non-hydrogen) atoms. The summed E-state index contributed by atoms with van der Waals surface area (Å²) >= 11 is 0. The maximum Gasteiger partial charge on any atom is 0.330 e. The van der Waals surface area contributed by atoms with Crippen molar-refractivity contribution in [3.05, 3.63) is 16.7 Å². The summed E-state index contributed by atoms with van der Waals surface area (Å²) in [5.41, 5.74) is 0.512. The highest BCUT2D eigenvalue weighted by molar-refractivity contribution is 7.90. The minimum Gasteiger partial charge on any atom is -0.292 e. The molecule has 8 nitrogen and oxygen atoms in total. The average Bonchev–Trinajstić information content (AvgIpc) is 2.61. The number of hydrogen-bond donors (Lipinski definition) is 0. The predicted octanol–water partition coefficient (Wildman–Crippen LogP) is 0.00818. The summed E-state index contributed by atoms with van der Waals surface area (Å²) in [5, 5.41) is 8.54. The van der Waals surface area contributed by atoms with E-state index in [4.69, 9.17) is 5.26 Å². The Morgan fingerprint density at radius 1 is 1.43 bits per heavy atom. The van der Waals surface area contributed by atoms with Gasteiger partial charge in [-0.25, -0.2) is 18.2 Å². The number of rotatable bonds is 2. The summed E-state index contributed by atoms with van der Waals surface area (Å²) in [4.78, 5) is 20.1. The molecule has 0 unspecified atom stereocenters. The molecule has 1 saturated carbocycles. The highest BCUT2D eigenvalue weighted by Crippen LogP contribution is 2.37. The van der Waals surface area contributed by atoms with Crippen LogP contribution < -0.4 is 5.69 Å². The van der Waals surface area contributed by atoms with E-state index in [1.54, 1.807) is 7.05 Å². The fourth-order valence-electron chi connectivity index (χ4n) is 2.53. The number of aryl methyl sites for hydroxylation is 1. The molecule has 0 saturated heterocycles. The molecule has 110 valence electrons. The molecular formula is C12H13N5O3S. The minimum atomic E-state index is -3.54. The summed E-state index contributed by atoms with van der Waals surface area (Å²) < 4.78 is 26.0. The molecule has 3 rings (SSSR count). The first kappa shape index (κ1) is 13.8. The van der Waals surface area contributed by atoms with E-state index in [9.17, 15) is 13.2 Å². The van der Waals surface area contributed by atoms with Gasteiger partial charge in [-0.2, -0.15) is 10.2 Å². The van der Waals surface area contributed by atoms with E-state index < -0.39 is 9.84 Å². The molecule has 0 N–H and O–H groups in total. The van der Waals surface area contributed by atoms with Crippen LogP contribution in [0.25, 0.3) is 11.2 Å². The van der Waals surface area contributed by atoms with Crippen molar-refractivity contribution < 1.29 is 8.42 Å². The van der Waals surface area contributed by atoms with E-state index in [2.05, 4.69) is 16.0 Å². The molecule has 0 aromatic carbocycles. The van der Waals surface area contributed by atoms with Crippen LogP contribution in [0.3, 0.4) is 0 Å². The van der Waals surface area contributed by atoms with Gasteiger partial charge in [-0.3, -0.25) is 9.13 Å². The average molecular weight is 307 g/mol. The third-order valence-electron chi connectivity index (χ3n) is 3.80. The van der Waals surface area contributed by atoms with E-state index in [1.165, 1.54) is 15.3 Å². The summed E-state index contributed by atoms with van der Waals surface area (Å²) in [6.07, 6.45) is 3.52. The standard InChI is InChI=1S/C12H13N5O3S/c1-16-9-6-14-11(21(2,19)20)15-10(9)17(12(16)18)8-3-7(4-8)5-13/h6-8H,3-4H2,1-2H3/t7-,8+. The number of aromatic nitrogens is 4. The summed E-state index contributed by atoms with van der Waals surface area (Å²) in [6, 6.07) is 2.04. The minimum absolute atomic E-state index is 0.0617. The van der Waals surface area contributed by atoms with Crippen LogP contribution in [0.2, 0.25) is 0 Å². The lowest BCUT2D eigenvalue weighted by molar-refractivity contribution is 0.246. The Hall–Kier alpha value is -2.21. The lowest BCUT2D eigenvalue weighted by Gasteiger charge is -2.31. The summed E-state index contributed by atoms with van der Waals surface area (Å²) in [5.74, 6) is -0.0617. The van der Waals surface area contributed by atoms with Crippen molar-refractivity contribution >= 4 is 21.0 Å². The quantitative estimate of drug-likeness (QED) is 0.723. The lowest BCUT2D eigenvalue weighted by Crippen LogP contribution is -2.34. The van der Waals surface area contributed by atoms with E-state index >= 15 is 0 Å². The Morgan fingerprint density at radius 3 is 2.67 bits per heavy atom. The van der Waals surface area contributed by atoms with Crippen LogP contribution in [-0.2, 0) is 16.9 Å². The molecule has 0 radical (unpaired) electrons. The van der Waals surface area contributed by atoms with Crippen LogP contribution in [-0.4, -0.2) is 33.8 Å². The van der Waals surface area contributed by atoms with Crippen LogP contribution in [0.15, 0.2) is 16.1 Å². The van der Waals surface area contributed by atoms with E-state index in [0.717, 1.165) is 6.26 Å². The number of nitrogens with zero attached hydrogens (tertiary/aromatic N) is 5. The maximum atomic E-state index is 12.3. The smallest absolute Gasteiger partial charge is 0.292 e. The van der Waals surface area contributed by atoms with E-state index in [1.807, 2.05) is 0 Å². The largest absolute Gasteiger partial charge is 0.330 e. The monoisotopic (exact) mass is 307 g/mol. The fourth-order valence-corrected chi connectivity index (χ4v) is 3.03. The zero-order valence-electron chi connectivity index (χ0n) is 11.5. The van der Waals surface area contributed by atoms with Crippen molar-refractivity contribution in [3.63, 3.8) is 0 Å². The third-order valence-corrected chi connectivity index (χ3v) is 4.66. The van der Waals surface area contributed by atoms with Crippen molar-refractivity contribution in [1.29, 1.82) is 5.26 Å². The van der Waals surface area contributed by atoms with Gasteiger partial charge in [0, 0.05) is 19.3 Å². The van der Waals surface area contributed by atoms with Gasteiger partial charge in [-0.05, 0) is 12.8 Å². The van der Waals surface area contributed by atoms with Crippen molar-refractivity contribution in [3.8, 4) is 6.07 Å². The predicted molar refractivity (Wildman–Crippen MR) is 73.3 cm³/mol. The molecule has 9 heteroatoms. The highest BCUT2D eigenvalue weighted by atomic mass is 32.2. The molecular weight excluding hydrogens is 294 g/mol. The number of nitriles is 1. The van der Waals surface area contributed by atoms with Gasteiger partial charge in [0.25, 0.3) is 0 Å². The van der Waals surface area contributed by atoms with Crippen LogP contribution >= 0.6 is 0 Å². The van der Waals surface area contributed by atoms with Gasteiger partial charge >= 0.3 is 5.69 Å². The molecule has 1 aliphatic rings. The zero-order valence-corrected chi connectivity index (χ0v) is 12.3. The summed E-state index contributed by atoms with van der Waals surface area (Å²) in [6.45, 7) is 0. The molecule has 2 aromatic heterocycles. The Labute approximate surface area is 120 Å². The molecule has 1 aliphatic carbocycles. The van der Waals surface area contributed by atoms with Gasteiger partial charge in [-0.15, -0.1) is 0 Å². The molecule has 1 fully saturated rings. The lowest BCUT2D eigenvalue weighted by atomic mass is 9.81. The third kappa shape index (κ3) is 2.03. The van der Waals surface area contributed by atoms with Crippen molar-refractivity contribution in [2.24, 2.45) is 13.0 Å². The van der Waals surface area contributed by atoms with Gasteiger partial charge in [0.15, 0.2) is 5.65 Å². The number of fused-ring (bicyclic) bond motifs is 1. The van der Waals surface area contributed by atoms with Gasteiger partial charge in [0.2, 0.25) is 15.0 Å². The Bertz CT molecular complexity index is 928. The second-order valence-electron chi connectivity index (χ2n) is 5.30. The topological polar surface area (TPSA) is 111 Å². The fraction of sp³-hybridized carbons (Fsp3) is 0.500. The van der Waals surface area contributed by atoms with Crippen molar-refractivity contribution in [1.82, 2.24) is 19.1 Å². The first-order valence-electron chi connectivity index (χ1n) is 6.36. The van der Waals surface area contributed by atoms with Crippen LogP contribution in [0.1, 0.15) is 18.9 Å². The van der Waals surface area contributed by atoms with E-state index in [-0.39, 0.29) is 22.8 Å². The number of imidazole rings is 1. The molecule has 0 spiro atoms. The van der Waals surface area contributed by atoms with Crippen LogP contribution in [0.5, 0.6) is 0 Å². The highest BCUT2D eigenvalue weighted by Gasteiger charge is 2.34. The molecule has 0 amide bonds. The Morgan fingerprint density at radius 2 is 2.10 bits per heavy atom. The van der Waals surface area contributed by atoms with E-state index in [0.29, 0.717) is 24.0 Å². The molecule has 0 bridgehead atoms. The molecule has 2 heterocycles. The Balaban J connectivity index is 2.22.